The Morgan fingerprint density at radius 3 is 2.11 bits per heavy atom. The molecule has 3 aromatic rings. The van der Waals surface area contributed by atoms with Gasteiger partial charge in [-0.2, -0.15) is 0 Å². The largest absolute Gasteiger partial charge is 0.341 e. The minimum Gasteiger partial charge on any atom is -0.341 e. The number of aromatic nitrogens is 1. The van der Waals surface area contributed by atoms with Gasteiger partial charge in [0, 0.05) is 23.8 Å². The number of nitrogens with zero attached hydrogens (tertiary/aromatic N) is 1. The first-order valence-electron chi connectivity index (χ1n) is 9.91. The van der Waals surface area contributed by atoms with Crippen LogP contribution in [-0.2, 0) is 6.42 Å². The van der Waals surface area contributed by atoms with Gasteiger partial charge >= 0.3 is 0 Å². The molecule has 0 fully saturated rings. The Kier molecular flexibility index (Phi) is 6.32. The molecule has 0 bridgehead atoms. The van der Waals surface area contributed by atoms with Crippen LogP contribution in [-0.4, -0.2) is 16.3 Å². The van der Waals surface area contributed by atoms with Crippen molar-refractivity contribution in [3.05, 3.63) is 71.7 Å². The van der Waals surface area contributed by atoms with E-state index in [1.807, 2.05) is 30.3 Å². The standard InChI is InChI=1S/C24H29FN2O/c1-16(2)23-21(14-15-26-28)22(18-10-12-20(25)13-11-18)24(27(23)17(3)4)19-8-6-5-7-9-19/h5-13,16-17,26,28H,14-15H2,1-4H3. The van der Waals surface area contributed by atoms with Crippen molar-refractivity contribution < 1.29 is 9.60 Å². The molecule has 1 aromatic heterocycles. The maximum Gasteiger partial charge on any atom is 0.123 e. The van der Waals surface area contributed by atoms with Crippen molar-refractivity contribution in [3.63, 3.8) is 0 Å². The van der Waals surface area contributed by atoms with E-state index in [9.17, 15) is 9.60 Å². The number of hydrogen-bond donors (Lipinski definition) is 2. The fraction of sp³-hybridized carbons (Fsp3) is 0.333. The Labute approximate surface area is 166 Å². The molecule has 0 amide bonds. The van der Waals surface area contributed by atoms with Crippen molar-refractivity contribution in [1.82, 2.24) is 10.0 Å². The lowest BCUT2D eigenvalue weighted by Gasteiger charge is -2.20. The average molecular weight is 381 g/mol. The minimum atomic E-state index is -0.240. The van der Waals surface area contributed by atoms with Gasteiger partial charge in [-0.05, 0) is 55.0 Å². The fourth-order valence-corrected chi connectivity index (χ4v) is 4.06. The number of nitrogens with one attached hydrogen (secondary N) is 1. The van der Waals surface area contributed by atoms with Crippen LogP contribution in [0.1, 0.15) is 50.9 Å². The van der Waals surface area contributed by atoms with Crippen LogP contribution >= 0.6 is 0 Å². The molecular formula is C24H29FN2O. The van der Waals surface area contributed by atoms with Crippen molar-refractivity contribution in [1.29, 1.82) is 0 Å². The molecular weight excluding hydrogens is 351 g/mol. The topological polar surface area (TPSA) is 37.2 Å². The summed E-state index contributed by atoms with van der Waals surface area (Å²) < 4.78 is 16.0. The van der Waals surface area contributed by atoms with Crippen LogP contribution in [0.5, 0.6) is 0 Å². The monoisotopic (exact) mass is 380 g/mol. The van der Waals surface area contributed by atoms with Crippen molar-refractivity contribution in [2.75, 3.05) is 6.54 Å². The van der Waals surface area contributed by atoms with Gasteiger partial charge < -0.3 is 9.77 Å². The first-order chi connectivity index (χ1) is 13.5. The van der Waals surface area contributed by atoms with Gasteiger partial charge in [-0.1, -0.05) is 56.3 Å². The molecule has 1 heterocycles. The third-order valence-corrected chi connectivity index (χ3v) is 5.08. The molecule has 3 nitrogen and oxygen atoms in total. The van der Waals surface area contributed by atoms with Crippen LogP contribution in [0.2, 0.25) is 0 Å². The molecule has 0 aliphatic heterocycles. The number of rotatable bonds is 7. The Balaban J connectivity index is 2.41. The van der Waals surface area contributed by atoms with E-state index in [1.165, 1.54) is 23.4 Å². The van der Waals surface area contributed by atoms with Crippen LogP contribution in [0.15, 0.2) is 54.6 Å². The first kappa shape index (κ1) is 20.3. The van der Waals surface area contributed by atoms with Gasteiger partial charge in [0.1, 0.15) is 5.82 Å². The lowest BCUT2D eigenvalue weighted by Crippen LogP contribution is -2.14. The highest BCUT2D eigenvalue weighted by molar-refractivity contribution is 5.86. The summed E-state index contributed by atoms with van der Waals surface area (Å²) in [7, 11) is 0. The summed E-state index contributed by atoms with van der Waals surface area (Å²) in [6.07, 6.45) is 0.691. The zero-order valence-electron chi connectivity index (χ0n) is 17.0. The molecule has 0 spiro atoms. The van der Waals surface area contributed by atoms with E-state index in [0.29, 0.717) is 18.9 Å². The third-order valence-electron chi connectivity index (χ3n) is 5.08. The van der Waals surface area contributed by atoms with Crippen molar-refractivity contribution in [2.45, 2.75) is 46.1 Å². The van der Waals surface area contributed by atoms with Gasteiger partial charge in [0.15, 0.2) is 0 Å². The highest BCUT2D eigenvalue weighted by Crippen LogP contribution is 2.43. The Bertz CT molecular complexity index is 912. The van der Waals surface area contributed by atoms with Gasteiger partial charge in [-0.15, -0.1) is 0 Å². The molecule has 0 unspecified atom stereocenters. The van der Waals surface area contributed by atoms with Gasteiger partial charge in [-0.25, -0.2) is 9.87 Å². The predicted octanol–water partition coefficient (Wildman–Crippen LogP) is 6.19. The zero-order valence-corrected chi connectivity index (χ0v) is 17.0. The molecule has 0 aliphatic carbocycles. The molecule has 28 heavy (non-hydrogen) atoms. The summed E-state index contributed by atoms with van der Waals surface area (Å²) in [4.78, 5) is 0. The van der Waals surface area contributed by atoms with E-state index < -0.39 is 0 Å². The second-order valence-corrected chi connectivity index (χ2v) is 7.74. The van der Waals surface area contributed by atoms with Crippen LogP contribution < -0.4 is 5.48 Å². The van der Waals surface area contributed by atoms with Gasteiger partial charge in [-0.3, -0.25) is 0 Å². The highest BCUT2D eigenvalue weighted by atomic mass is 19.1. The van der Waals surface area contributed by atoms with Gasteiger partial charge in [0.05, 0.1) is 5.69 Å². The lowest BCUT2D eigenvalue weighted by molar-refractivity contribution is 0.168. The van der Waals surface area contributed by atoms with Crippen LogP contribution in [0, 0.1) is 5.82 Å². The van der Waals surface area contributed by atoms with E-state index >= 15 is 0 Å². The third kappa shape index (κ3) is 3.89. The summed E-state index contributed by atoms with van der Waals surface area (Å²) in [6, 6.07) is 17.4. The summed E-state index contributed by atoms with van der Waals surface area (Å²) in [6.45, 7) is 9.26. The zero-order chi connectivity index (χ0) is 20.3. The average Bonchev–Trinajstić information content (AvgIpc) is 3.03. The molecule has 0 saturated carbocycles. The fourth-order valence-electron chi connectivity index (χ4n) is 4.06. The van der Waals surface area contributed by atoms with Gasteiger partial charge in [0.25, 0.3) is 0 Å². The molecule has 0 atom stereocenters. The summed E-state index contributed by atoms with van der Waals surface area (Å²) in [5.41, 5.74) is 9.18. The Hall–Kier alpha value is -2.43. The lowest BCUT2D eigenvalue weighted by atomic mass is 9.93. The van der Waals surface area contributed by atoms with Crippen LogP contribution in [0.4, 0.5) is 4.39 Å². The molecule has 2 aromatic carbocycles. The molecule has 3 rings (SSSR count). The number of benzene rings is 2. The number of halogens is 1. The maximum absolute atomic E-state index is 13.6. The van der Waals surface area contributed by atoms with Crippen molar-refractivity contribution in [3.8, 4) is 22.4 Å². The number of hydrogen-bond acceptors (Lipinski definition) is 2. The quantitative estimate of drug-likeness (QED) is 0.480. The van der Waals surface area contributed by atoms with E-state index in [2.05, 4.69) is 49.9 Å². The van der Waals surface area contributed by atoms with E-state index in [0.717, 1.165) is 22.4 Å². The van der Waals surface area contributed by atoms with Gasteiger partial charge in [0.2, 0.25) is 0 Å². The molecule has 4 heteroatoms. The normalized spacial score (nSPS) is 11.6. The molecule has 0 saturated heterocycles. The molecule has 148 valence electrons. The Morgan fingerprint density at radius 1 is 0.929 bits per heavy atom. The molecule has 0 radical (unpaired) electrons. The molecule has 2 N–H and O–H groups in total. The van der Waals surface area contributed by atoms with Crippen molar-refractivity contribution >= 4 is 0 Å². The van der Waals surface area contributed by atoms with Crippen LogP contribution in [0.25, 0.3) is 22.4 Å². The minimum absolute atomic E-state index is 0.240. The smallest absolute Gasteiger partial charge is 0.123 e. The summed E-state index contributed by atoms with van der Waals surface area (Å²) in [5, 5.41) is 9.25. The van der Waals surface area contributed by atoms with E-state index in [-0.39, 0.29) is 11.9 Å². The predicted molar refractivity (Wildman–Crippen MR) is 113 cm³/mol. The van der Waals surface area contributed by atoms with E-state index in [1.54, 1.807) is 0 Å². The SMILES string of the molecule is CC(C)c1c(CCNO)c(-c2ccc(F)cc2)c(-c2ccccc2)n1C(C)C. The summed E-state index contributed by atoms with van der Waals surface area (Å²) >= 11 is 0. The first-order valence-corrected chi connectivity index (χ1v) is 9.91. The molecule has 0 aliphatic rings. The Morgan fingerprint density at radius 2 is 1.57 bits per heavy atom. The number of hydroxylamine groups is 1. The second-order valence-electron chi connectivity index (χ2n) is 7.74. The second kappa shape index (κ2) is 8.72. The highest BCUT2D eigenvalue weighted by Gasteiger charge is 2.27. The van der Waals surface area contributed by atoms with Crippen LogP contribution in [0.3, 0.4) is 0 Å². The van der Waals surface area contributed by atoms with Crippen molar-refractivity contribution in [2.24, 2.45) is 0 Å². The summed E-state index contributed by atoms with van der Waals surface area (Å²) in [5.74, 6) is 0.0729. The maximum atomic E-state index is 13.6. The van der Waals surface area contributed by atoms with E-state index in [4.69, 9.17) is 0 Å².